The first-order chi connectivity index (χ1) is 11.4. The van der Waals surface area contributed by atoms with Gasteiger partial charge in [-0.15, -0.1) is 0 Å². The molecule has 1 saturated carbocycles. The van der Waals surface area contributed by atoms with Gasteiger partial charge in [-0.1, -0.05) is 6.07 Å². The molecule has 6 heteroatoms. The first-order valence-corrected chi connectivity index (χ1v) is 8.31. The van der Waals surface area contributed by atoms with Crippen LogP contribution >= 0.6 is 0 Å². The lowest BCUT2D eigenvalue weighted by atomic mass is 9.76. The SMILES string of the molecule is CC(CN(C)C(=O)C1Cc2ccc(F)cc21)NC(=O)C1(CO)CC1. The summed E-state index contributed by atoms with van der Waals surface area (Å²) in [5, 5.41) is 12.2. The molecule has 0 aliphatic heterocycles. The summed E-state index contributed by atoms with van der Waals surface area (Å²) in [5.74, 6) is -0.823. The van der Waals surface area contributed by atoms with Crippen LogP contribution in [0.3, 0.4) is 0 Å². The molecule has 2 unspecified atom stereocenters. The van der Waals surface area contributed by atoms with E-state index >= 15 is 0 Å². The van der Waals surface area contributed by atoms with Crippen LogP contribution in [0.2, 0.25) is 0 Å². The Morgan fingerprint density at radius 2 is 2.17 bits per heavy atom. The average Bonchev–Trinajstić information content (AvgIpc) is 3.31. The van der Waals surface area contributed by atoms with Crippen molar-refractivity contribution in [2.45, 2.75) is 38.1 Å². The Morgan fingerprint density at radius 1 is 1.46 bits per heavy atom. The quantitative estimate of drug-likeness (QED) is 0.821. The summed E-state index contributed by atoms with van der Waals surface area (Å²) in [6.07, 6.45) is 2.05. The summed E-state index contributed by atoms with van der Waals surface area (Å²) in [7, 11) is 1.70. The molecule has 0 aromatic heterocycles. The number of carbonyl (C=O) groups is 2. The molecule has 0 heterocycles. The fourth-order valence-corrected chi connectivity index (χ4v) is 3.29. The topological polar surface area (TPSA) is 69.6 Å². The predicted octanol–water partition coefficient (Wildman–Crippen LogP) is 1.20. The van der Waals surface area contributed by atoms with Gasteiger partial charge in [0.1, 0.15) is 5.82 Å². The zero-order valence-electron chi connectivity index (χ0n) is 14.0. The van der Waals surface area contributed by atoms with Gasteiger partial charge in [-0.3, -0.25) is 9.59 Å². The number of likely N-dealkylation sites (N-methyl/N-ethyl adjacent to an activating group) is 1. The van der Waals surface area contributed by atoms with Gasteiger partial charge < -0.3 is 15.3 Å². The number of nitrogens with zero attached hydrogens (tertiary/aromatic N) is 1. The van der Waals surface area contributed by atoms with Gasteiger partial charge >= 0.3 is 0 Å². The third-order valence-electron chi connectivity index (χ3n) is 5.14. The van der Waals surface area contributed by atoms with Crippen LogP contribution in [0, 0.1) is 11.2 Å². The summed E-state index contributed by atoms with van der Waals surface area (Å²) >= 11 is 0. The van der Waals surface area contributed by atoms with E-state index in [0.717, 1.165) is 11.1 Å². The number of hydrogen-bond acceptors (Lipinski definition) is 3. The third-order valence-corrected chi connectivity index (χ3v) is 5.14. The summed E-state index contributed by atoms with van der Waals surface area (Å²) in [4.78, 5) is 26.2. The van der Waals surface area contributed by atoms with Crippen molar-refractivity contribution >= 4 is 11.8 Å². The van der Waals surface area contributed by atoms with Crippen molar-refractivity contribution in [3.63, 3.8) is 0 Å². The van der Waals surface area contributed by atoms with Crippen LogP contribution in [0.15, 0.2) is 18.2 Å². The van der Waals surface area contributed by atoms with Crippen LogP contribution in [-0.4, -0.2) is 48.1 Å². The number of hydrogen-bond donors (Lipinski definition) is 2. The van der Waals surface area contributed by atoms with E-state index in [4.69, 9.17) is 0 Å². The Labute approximate surface area is 140 Å². The first-order valence-electron chi connectivity index (χ1n) is 8.31. The molecule has 1 aromatic rings. The van der Waals surface area contributed by atoms with E-state index in [1.54, 1.807) is 18.0 Å². The maximum atomic E-state index is 13.3. The van der Waals surface area contributed by atoms with Crippen LogP contribution in [0.1, 0.15) is 36.8 Å². The second-order valence-electron chi connectivity index (χ2n) is 7.13. The Bertz CT molecular complexity index is 672. The number of aliphatic hydroxyl groups is 1. The molecule has 0 radical (unpaired) electrons. The number of halogens is 1. The highest BCUT2D eigenvalue weighted by molar-refractivity contribution is 5.87. The van der Waals surface area contributed by atoms with Crippen LogP contribution in [0.4, 0.5) is 4.39 Å². The molecule has 2 atom stereocenters. The molecule has 0 bridgehead atoms. The van der Waals surface area contributed by atoms with Crippen LogP contribution in [-0.2, 0) is 16.0 Å². The van der Waals surface area contributed by atoms with E-state index in [9.17, 15) is 19.1 Å². The minimum atomic E-state index is -0.610. The molecule has 5 nitrogen and oxygen atoms in total. The van der Waals surface area contributed by atoms with Gasteiger partial charge in [0.05, 0.1) is 17.9 Å². The number of amides is 2. The zero-order valence-corrected chi connectivity index (χ0v) is 14.0. The summed E-state index contributed by atoms with van der Waals surface area (Å²) in [5.41, 5.74) is 1.17. The highest BCUT2D eigenvalue weighted by Gasteiger charge is 2.49. The van der Waals surface area contributed by atoms with Gasteiger partial charge in [-0.05, 0) is 49.4 Å². The monoisotopic (exact) mass is 334 g/mol. The van der Waals surface area contributed by atoms with Crippen LogP contribution < -0.4 is 5.32 Å². The zero-order chi connectivity index (χ0) is 17.5. The van der Waals surface area contributed by atoms with E-state index in [1.807, 2.05) is 6.92 Å². The van der Waals surface area contributed by atoms with Gasteiger partial charge in [-0.2, -0.15) is 0 Å². The molecule has 1 aromatic carbocycles. The molecular weight excluding hydrogens is 311 g/mol. The molecule has 1 fully saturated rings. The molecule has 2 aliphatic rings. The van der Waals surface area contributed by atoms with E-state index in [2.05, 4.69) is 5.32 Å². The maximum Gasteiger partial charge on any atom is 0.230 e. The Hall–Kier alpha value is -1.95. The molecular formula is C18H23FN2O3. The van der Waals surface area contributed by atoms with Gasteiger partial charge in [0.15, 0.2) is 0 Å². The lowest BCUT2D eigenvalue weighted by Gasteiger charge is -2.33. The van der Waals surface area contributed by atoms with Crippen molar-refractivity contribution in [3.05, 3.63) is 35.1 Å². The molecule has 0 saturated heterocycles. The molecule has 2 amide bonds. The molecule has 2 aliphatic carbocycles. The third kappa shape index (κ3) is 3.02. The van der Waals surface area contributed by atoms with Gasteiger partial charge in [0, 0.05) is 19.6 Å². The van der Waals surface area contributed by atoms with Crippen LogP contribution in [0.5, 0.6) is 0 Å². The fourth-order valence-electron chi connectivity index (χ4n) is 3.29. The van der Waals surface area contributed by atoms with Crippen molar-refractivity contribution in [1.82, 2.24) is 10.2 Å². The van der Waals surface area contributed by atoms with Crippen molar-refractivity contribution in [2.75, 3.05) is 20.2 Å². The number of benzene rings is 1. The van der Waals surface area contributed by atoms with Gasteiger partial charge in [0.2, 0.25) is 11.8 Å². The summed E-state index contributed by atoms with van der Waals surface area (Å²) in [6, 6.07) is 4.36. The lowest BCUT2D eigenvalue weighted by molar-refractivity contribution is -0.134. The molecule has 0 spiro atoms. The lowest BCUT2D eigenvalue weighted by Crippen LogP contribution is -2.47. The fraction of sp³-hybridized carbons (Fsp3) is 0.556. The molecule has 24 heavy (non-hydrogen) atoms. The molecule has 130 valence electrons. The van der Waals surface area contributed by atoms with E-state index < -0.39 is 5.41 Å². The van der Waals surface area contributed by atoms with Crippen molar-refractivity contribution < 1.29 is 19.1 Å². The highest BCUT2D eigenvalue weighted by Crippen LogP contribution is 2.45. The van der Waals surface area contributed by atoms with Crippen molar-refractivity contribution in [3.8, 4) is 0 Å². The number of aliphatic hydroxyl groups excluding tert-OH is 1. The van der Waals surface area contributed by atoms with E-state index in [1.165, 1.54) is 12.1 Å². The minimum Gasteiger partial charge on any atom is -0.395 e. The molecule has 3 rings (SSSR count). The Kier molecular flexibility index (Phi) is 4.34. The highest BCUT2D eigenvalue weighted by atomic mass is 19.1. The number of rotatable bonds is 6. The van der Waals surface area contributed by atoms with Gasteiger partial charge in [-0.25, -0.2) is 4.39 Å². The minimum absolute atomic E-state index is 0.0579. The van der Waals surface area contributed by atoms with E-state index in [-0.39, 0.29) is 36.2 Å². The number of nitrogens with one attached hydrogen (secondary N) is 1. The normalized spacial score (nSPS) is 21.2. The molecule has 2 N–H and O–H groups in total. The second-order valence-corrected chi connectivity index (χ2v) is 7.13. The first kappa shape index (κ1) is 16.9. The standard InChI is InChI=1S/C18H23FN2O3/c1-11(20-17(24)18(10-22)5-6-18)9-21(2)16(23)15-7-12-3-4-13(19)8-14(12)15/h3-4,8,11,15,22H,5-7,9-10H2,1-2H3,(H,20,24). The van der Waals surface area contributed by atoms with Crippen LogP contribution in [0.25, 0.3) is 0 Å². The average molecular weight is 334 g/mol. The number of carbonyl (C=O) groups excluding carboxylic acids is 2. The van der Waals surface area contributed by atoms with Crippen molar-refractivity contribution in [1.29, 1.82) is 0 Å². The number of fused-ring (bicyclic) bond motifs is 1. The van der Waals surface area contributed by atoms with E-state index in [0.29, 0.717) is 25.8 Å². The predicted molar refractivity (Wildman–Crippen MR) is 86.8 cm³/mol. The largest absolute Gasteiger partial charge is 0.395 e. The summed E-state index contributed by atoms with van der Waals surface area (Å²) < 4.78 is 13.3. The van der Waals surface area contributed by atoms with Crippen molar-refractivity contribution in [2.24, 2.45) is 5.41 Å². The maximum absolute atomic E-state index is 13.3. The second kappa shape index (κ2) is 6.16. The smallest absolute Gasteiger partial charge is 0.230 e. The Morgan fingerprint density at radius 3 is 2.79 bits per heavy atom. The Balaban J connectivity index is 1.54. The van der Waals surface area contributed by atoms with Gasteiger partial charge in [0.25, 0.3) is 0 Å². The summed E-state index contributed by atoms with van der Waals surface area (Å²) in [6.45, 7) is 2.08.